The Bertz CT molecular complexity index is 1420. The number of aliphatic imine (C=N–C) groups is 1. The molecule has 0 spiro atoms. The maximum atomic E-state index is 14.2. The topological polar surface area (TPSA) is 83.2 Å². The van der Waals surface area contributed by atoms with Gasteiger partial charge in [0.2, 0.25) is 0 Å². The molecule has 2 aromatic carbocycles. The third-order valence-corrected chi connectivity index (χ3v) is 9.20. The number of fused-ring (bicyclic) bond motifs is 1. The number of carbonyl (C=O) groups excluding carboxylic acids is 1. The number of ether oxygens (including phenoxy) is 1. The summed E-state index contributed by atoms with van der Waals surface area (Å²) in [5, 5.41) is 4.82. The standard InChI is InChI=1S/C31H38ClN5O2S/c1-20(36(3)4)35-18-23(17-33)21-10-15-27(39-5)22(16-21)19-37(25-13-11-24(34-2)12-14-25)31(38)30-29(32)26-8-6-7-9-28(26)40-30/h6-10,15-18,24-25,34H,1,11-14,19,33H2,2-5H3/b23-17+,35-18?. The minimum atomic E-state index is -0.0509. The molecule has 9 heteroatoms. The number of nitrogens with two attached hydrogens (primary N) is 1. The summed E-state index contributed by atoms with van der Waals surface area (Å²) >= 11 is 8.24. The van der Waals surface area contributed by atoms with Gasteiger partial charge in [-0.25, -0.2) is 4.99 Å². The third kappa shape index (κ3) is 6.52. The minimum Gasteiger partial charge on any atom is -0.496 e. The molecule has 4 rings (SSSR count). The third-order valence-electron chi connectivity index (χ3n) is 7.54. The van der Waals surface area contributed by atoms with E-state index in [4.69, 9.17) is 22.1 Å². The molecule has 0 atom stereocenters. The van der Waals surface area contributed by atoms with E-state index in [1.165, 1.54) is 17.5 Å². The Morgan fingerprint density at radius 1 is 1.23 bits per heavy atom. The summed E-state index contributed by atoms with van der Waals surface area (Å²) in [6.07, 6.45) is 7.07. The van der Waals surface area contributed by atoms with Crippen LogP contribution in [0.3, 0.4) is 0 Å². The largest absolute Gasteiger partial charge is 0.496 e. The number of hydrogen-bond donors (Lipinski definition) is 2. The molecule has 3 N–H and O–H groups in total. The first-order valence-corrected chi connectivity index (χ1v) is 14.6. The molecular weight excluding hydrogens is 542 g/mol. The van der Waals surface area contributed by atoms with Crippen molar-refractivity contribution in [3.63, 3.8) is 0 Å². The highest BCUT2D eigenvalue weighted by Crippen LogP contribution is 2.38. The van der Waals surface area contributed by atoms with Crippen molar-refractivity contribution in [2.24, 2.45) is 10.7 Å². The lowest BCUT2D eigenvalue weighted by Gasteiger charge is -2.37. The van der Waals surface area contributed by atoms with Crippen LogP contribution >= 0.6 is 22.9 Å². The number of carbonyl (C=O) groups is 1. The van der Waals surface area contributed by atoms with E-state index in [9.17, 15) is 4.79 Å². The van der Waals surface area contributed by atoms with Crippen molar-refractivity contribution in [1.29, 1.82) is 0 Å². The van der Waals surface area contributed by atoms with Crippen LogP contribution in [0.25, 0.3) is 15.7 Å². The molecule has 1 aliphatic rings. The molecule has 7 nitrogen and oxygen atoms in total. The molecule has 212 valence electrons. The molecule has 1 fully saturated rings. The summed E-state index contributed by atoms with van der Waals surface area (Å²) in [6.45, 7) is 4.34. The molecule has 1 aliphatic carbocycles. The molecular formula is C31H38ClN5O2S. The molecule has 3 aromatic rings. The van der Waals surface area contributed by atoms with Crippen molar-refractivity contribution >= 4 is 50.7 Å². The summed E-state index contributed by atoms with van der Waals surface area (Å²) in [5.74, 6) is 1.27. The van der Waals surface area contributed by atoms with Gasteiger partial charge in [-0.1, -0.05) is 42.4 Å². The lowest BCUT2D eigenvalue weighted by Crippen LogP contribution is -2.44. The zero-order valence-corrected chi connectivity index (χ0v) is 25.2. The molecule has 40 heavy (non-hydrogen) atoms. The van der Waals surface area contributed by atoms with Gasteiger partial charge >= 0.3 is 0 Å². The normalized spacial score (nSPS) is 17.8. The Kier molecular flexibility index (Phi) is 9.90. The van der Waals surface area contributed by atoms with E-state index in [0.29, 0.717) is 34.1 Å². The number of thiophene rings is 1. The van der Waals surface area contributed by atoms with Crippen molar-refractivity contribution in [3.05, 3.63) is 82.1 Å². The number of halogens is 1. The number of nitrogens with one attached hydrogen (secondary N) is 1. The predicted molar refractivity (Wildman–Crippen MR) is 168 cm³/mol. The van der Waals surface area contributed by atoms with Gasteiger partial charge in [-0.05, 0) is 56.5 Å². The number of allylic oxidation sites excluding steroid dienone is 1. The monoisotopic (exact) mass is 579 g/mol. The van der Waals surface area contributed by atoms with Crippen LogP contribution in [0.15, 0.2) is 66.1 Å². The highest BCUT2D eigenvalue weighted by molar-refractivity contribution is 7.21. The van der Waals surface area contributed by atoms with E-state index in [-0.39, 0.29) is 11.9 Å². The zero-order valence-electron chi connectivity index (χ0n) is 23.6. The fraction of sp³-hybridized carbons (Fsp3) is 0.355. The number of hydrogen-bond acceptors (Lipinski definition) is 7. The van der Waals surface area contributed by atoms with Gasteiger partial charge in [0, 0.05) is 66.4 Å². The van der Waals surface area contributed by atoms with Gasteiger partial charge in [0.25, 0.3) is 5.91 Å². The van der Waals surface area contributed by atoms with Gasteiger partial charge in [-0.2, -0.15) is 0 Å². The van der Waals surface area contributed by atoms with Crippen LogP contribution < -0.4 is 15.8 Å². The Morgan fingerprint density at radius 2 is 1.95 bits per heavy atom. The second-order valence-electron chi connectivity index (χ2n) is 10.2. The molecule has 1 amide bonds. The quantitative estimate of drug-likeness (QED) is 0.282. The smallest absolute Gasteiger partial charge is 0.266 e. The van der Waals surface area contributed by atoms with Crippen molar-refractivity contribution in [2.45, 2.75) is 44.3 Å². The maximum absolute atomic E-state index is 14.2. The van der Waals surface area contributed by atoms with Gasteiger partial charge in [-0.15, -0.1) is 11.3 Å². The van der Waals surface area contributed by atoms with Crippen LogP contribution in [0, 0.1) is 0 Å². The number of benzene rings is 2. The molecule has 0 bridgehead atoms. The maximum Gasteiger partial charge on any atom is 0.266 e. The SMILES string of the molecule is C=C(N=C/C(=C\N)c1ccc(OC)c(CN(C(=O)c2sc3ccccc3c2Cl)C2CCC(NC)CC2)c1)N(C)C. The Hall–Kier alpha value is -3.33. The molecule has 0 unspecified atom stereocenters. The predicted octanol–water partition coefficient (Wildman–Crippen LogP) is 6.14. The van der Waals surface area contributed by atoms with E-state index in [0.717, 1.165) is 52.5 Å². The molecule has 0 aliphatic heterocycles. The van der Waals surface area contributed by atoms with E-state index in [1.807, 2.05) is 73.4 Å². The van der Waals surface area contributed by atoms with E-state index in [2.05, 4.69) is 16.9 Å². The first-order valence-electron chi connectivity index (χ1n) is 13.4. The minimum absolute atomic E-state index is 0.0509. The summed E-state index contributed by atoms with van der Waals surface area (Å²) in [4.78, 5) is 23.1. The fourth-order valence-corrected chi connectivity index (χ4v) is 6.53. The van der Waals surface area contributed by atoms with Crippen molar-refractivity contribution in [3.8, 4) is 5.75 Å². The average molecular weight is 580 g/mol. The van der Waals surface area contributed by atoms with Crippen molar-refractivity contribution in [1.82, 2.24) is 15.1 Å². The Labute approximate surface area is 246 Å². The Morgan fingerprint density at radius 3 is 2.58 bits per heavy atom. The van der Waals surface area contributed by atoms with Crippen molar-refractivity contribution < 1.29 is 9.53 Å². The highest BCUT2D eigenvalue weighted by Gasteiger charge is 2.32. The average Bonchev–Trinajstić information content (AvgIpc) is 3.32. The van der Waals surface area contributed by atoms with Crippen LogP contribution in [0.5, 0.6) is 5.75 Å². The highest BCUT2D eigenvalue weighted by atomic mass is 35.5. The van der Waals surface area contributed by atoms with E-state index in [1.54, 1.807) is 13.3 Å². The molecule has 0 radical (unpaired) electrons. The lowest BCUT2D eigenvalue weighted by atomic mass is 9.89. The van der Waals surface area contributed by atoms with Gasteiger partial charge < -0.3 is 25.6 Å². The fourth-order valence-electron chi connectivity index (χ4n) is 5.06. The second-order valence-corrected chi connectivity index (χ2v) is 11.6. The van der Waals surface area contributed by atoms with E-state index >= 15 is 0 Å². The molecule has 1 saturated carbocycles. The number of amides is 1. The first kappa shape index (κ1) is 29.6. The Balaban J connectivity index is 1.71. The van der Waals surface area contributed by atoms with Crippen LogP contribution in [-0.2, 0) is 6.54 Å². The van der Waals surface area contributed by atoms with Gasteiger partial charge in [0.1, 0.15) is 16.4 Å². The van der Waals surface area contributed by atoms with Crippen LogP contribution in [-0.4, -0.2) is 62.3 Å². The summed E-state index contributed by atoms with van der Waals surface area (Å²) in [6, 6.07) is 14.3. The summed E-state index contributed by atoms with van der Waals surface area (Å²) in [7, 11) is 7.42. The van der Waals surface area contributed by atoms with Crippen molar-refractivity contribution in [2.75, 3.05) is 28.3 Å². The molecule has 0 saturated heterocycles. The number of nitrogens with zero attached hydrogens (tertiary/aromatic N) is 3. The first-order chi connectivity index (χ1) is 19.3. The number of rotatable bonds is 10. The van der Waals surface area contributed by atoms with Crippen LogP contribution in [0.2, 0.25) is 5.02 Å². The lowest BCUT2D eigenvalue weighted by molar-refractivity contribution is 0.0604. The molecule has 1 heterocycles. The van der Waals surface area contributed by atoms with Gasteiger partial charge in [0.15, 0.2) is 0 Å². The van der Waals surface area contributed by atoms with E-state index < -0.39 is 0 Å². The number of methoxy groups -OCH3 is 1. The van der Waals surface area contributed by atoms with Crippen LogP contribution in [0.4, 0.5) is 0 Å². The molecule has 1 aromatic heterocycles. The van der Waals surface area contributed by atoms with Crippen LogP contribution in [0.1, 0.15) is 46.5 Å². The zero-order chi connectivity index (χ0) is 28.8. The van der Waals surface area contributed by atoms with Gasteiger partial charge in [0.05, 0.1) is 12.1 Å². The second kappa shape index (κ2) is 13.4. The summed E-state index contributed by atoms with van der Waals surface area (Å²) < 4.78 is 6.75. The summed E-state index contributed by atoms with van der Waals surface area (Å²) in [5.41, 5.74) is 8.50. The van der Waals surface area contributed by atoms with Gasteiger partial charge in [-0.3, -0.25) is 4.79 Å².